The Morgan fingerprint density at radius 2 is 1.95 bits per heavy atom. The van der Waals surface area contributed by atoms with Crippen molar-refractivity contribution in [1.82, 2.24) is 20.4 Å². The molecular weight excluding hydrogens is 344 g/mol. The normalized spacial score (nSPS) is 10.9. The molecule has 0 unspecified atom stereocenters. The minimum absolute atomic E-state index is 0.464. The molecule has 0 amide bonds. The van der Waals surface area contributed by atoms with Crippen molar-refractivity contribution in [3.63, 3.8) is 0 Å². The van der Waals surface area contributed by atoms with Crippen molar-refractivity contribution < 1.29 is 8.83 Å². The molecule has 20 heavy (non-hydrogen) atoms. The molecule has 0 bridgehead atoms. The predicted octanol–water partition coefficient (Wildman–Crippen LogP) is 3.48. The Balaban J connectivity index is 1.72. The molecule has 0 aliphatic carbocycles. The van der Waals surface area contributed by atoms with E-state index in [-0.39, 0.29) is 0 Å². The quantitative estimate of drug-likeness (QED) is 0.665. The lowest BCUT2D eigenvalue weighted by atomic mass is 10.2. The van der Waals surface area contributed by atoms with Crippen LogP contribution in [0.3, 0.4) is 0 Å². The van der Waals surface area contributed by atoms with Crippen LogP contribution >= 0.6 is 27.7 Å². The first kappa shape index (κ1) is 13.3. The van der Waals surface area contributed by atoms with Gasteiger partial charge in [0, 0.05) is 11.4 Å². The lowest BCUT2D eigenvalue weighted by Gasteiger charge is -1.96. The zero-order valence-corrected chi connectivity index (χ0v) is 12.8. The Morgan fingerprint density at radius 3 is 2.70 bits per heavy atom. The molecule has 0 fully saturated rings. The van der Waals surface area contributed by atoms with Crippen LogP contribution in [0.25, 0.3) is 11.5 Å². The summed E-state index contributed by atoms with van der Waals surface area (Å²) in [5.74, 6) is 2.05. The van der Waals surface area contributed by atoms with E-state index in [1.807, 2.05) is 24.3 Å². The van der Waals surface area contributed by atoms with Gasteiger partial charge in [-0.3, -0.25) is 0 Å². The second-order valence-electron chi connectivity index (χ2n) is 3.86. The lowest BCUT2D eigenvalue weighted by Crippen LogP contribution is -1.80. The highest BCUT2D eigenvalue weighted by Gasteiger charge is 2.12. The summed E-state index contributed by atoms with van der Waals surface area (Å²) in [6.45, 7) is 1.75. The topological polar surface area (TPSA) is 77.8 Å². The molecule has 1 aromatic carbocycles. The van der Waals surface area contributed by atoms with E-state index in [9.17, 15) is 0 Å². The third-order valence-electron chi connectivity index (χ3n) is 2.40. The fourth-order valence-corrected chi connectivity index (χ4v) is 2.59. The standard InChI is InChI=1S/C12H9BrN4O2S/c1-7-14-15-10(18-7)6-20-12-17-16-11(19-12)8-4-2-3-5-9(8)13/h2-5H,6H2,1H3. The minimum Gasteiger partial charge on any atom is -0.425 e. The number of rotatable bonds is 4. The van der Waals surface area contributed by atoms with Crippen molar-refractivity contribution in [2.45, 2.75) is 17.9 Å². The van der Waals surface area contributed by atoms with Gasteiger partial charge in [-0.25, -0.2) is 0 Å². The maximum atomic E-state index is 5.60. The molecule has 2 aromatic heterocycles. The van der Waals surface area contributed by atoms with Gasteiger partial charge in [-0.1, -0.05) is 23.9 Å². The fraction of sp³-hybridized carbons (Fsp3) is 0.167. The van der Waals surface area contributed by atoms with E-state index >= 15 is 0 Å². The summed E-state index contributed by atoms with van der Waals surface area (Å²) < 4.78 is 11.8. The van der Waals surface area contributed by atoms with Gasteiger partial charge >= 0.3 is 0 Å². The summed E-state index contributed by atoms with van der Waals surface area (Å²) in [6, 6.07) is 7.68. The number of halogens is 1. The highest BCUT2D eigenvalue weighted by molar-refractivity contribution is 9.10. The molecule has 3 aromatic rings. The van der Waals surface area contributed by atoms with E-state index in [1.165, 1.54) is 11.8 Å². The van der Waals surface area contributed by atoms with E-state index in [0.717, 1.165) is 10.0 Å². The molecular formula is C12H9BrN4O2S. The Kier molecular flexibility index (Phi) is 3.83. The average molecular weight is 353 g/mol. The van der Waals surface area contributed by atoms with Crippen molar-refractivity contribution in [1.29, 1.82) is 0 Å². The van der Waals surface area contributed by atoms with E-state index in [1.54, 1.807) is 6.92 Å². The molecule has 0 N–H and O–H groups in total. The van der Waals surface area contributed by atoms with Crippen LogP contribution in [-0.4, -0.2) is 20.4 Å². The van der Waals surface area contributed by atoms with Crippen molar-refractivity contribution in [3.8, 4) is 11.5 Å². The Labute approximate surface area is 127 Å². The number of benzene rings is 1. The largest absolute Gasteiger partial charge is 0.425 e. The van der Waals surface area contributed by atoms with Crippen molar-refractivity contribution >= 4 is 27.7 Å². The first-order valence-electron chi connectivity index (χ1n) is 5.72. The number of aryl methyl sites for hydroxylation is 1. The smallest absolute Gasteiger partial charge is 0.277 e. The number of hydrogen-bond donors (Lipinski definition) is 0. The third-order valence-corrected chi connectivity index (χ3v) is 3.89. The molecule has 0 radical (unpaired) electrons. The molecule has 102 valence electrons. The van der Waals surface area contributed by atoms with Gasteiger partial charge in [-0.05, 0) is 28.1 Å². The number of thioether (sulfide) groups is 1. The molecule has 6 nitrogen and oxygen atoms in total. The predicted molar refractivity (Wildman–Crippen MR) is 76.0 cm³/mol. The molecule has 0 aliphatic rings. The van der Waals surface area contributed by atoms with Gasteiger partial charge in [0.2, 0.25) is 17.7 Å². The molecule has 0 aliphatic heterocycles. The van der Waals surface area contributed by atoms with Crippen LogP contribution in [0.1, 0.15) is 11.8 Å². The van der Waals surface area contributed by atoms with Crippen molar-refractivity contribution in [2.24, 2.45) is 0 Å². The monoisotopic (exact) mass is 352 g/mol. The summed E-state index contributed by atoms with van der Waals surface area (Å²) in [5, 5.41) is 16.2. The maximum absolute atomic E-state index is 5.60. The fourth-order valence-electron chi connectivity index (χ4n) is 1.53. The molecule has 8 heteroatoms. The second-order valence-corrected chi connectivity index (χ2v) is 5.64. The van der Waals surface area contributed by atoms with Gasteiger partial charge in [-0.2, -0.15) is 0 Å². The Hall–Kier alpha value is -1.67. The van der Waals surface area contributed by atoms with Crippen LogP contribution in [0.2, 0.25) is 0 Å². The molecule has 0 saturated carbocycles. The molecule has 3 rings (SSSR count). The van der Waals surface area contributed by atoms with E-state index in [4.69, 9.17) is 8.83 Å². The van der Waals surface area contributed by atoms with Crippen LogP contribution in [0.15, 0.2) is 42.8 Å². The van der Waals surface area contributed by atoms with E-state index in [0.29, 0.717) is 28.6 Å². The van der Waals surface area contributed by atoms with Crippen molar-refractivity contribution in [2.75, 3.05) is 0 Å². The van der Waals surface area contributed by atoms with Gasteiger partial charge in [0.1, 0.15) is 0 Å². The summed E-state index contributed by atoms with van der Waals surface area (Å²) in [4.78, 5) is 0. The number of nitrogens with zero attached hydrogens (tertiary/aromatic N) is 4. The van der Waals surface area contributed by atoms with Gasteiger partial charge in [0.15, 0.2) is 0 Å². The molecule has 0 saturated heterocycles. The molecule has 0 spiro atoms. The average Bonchev–Trinajstić information content (AvgIpc) is 3.06. The summed E-state index contributed by atoms with van der Waals surface area (Å²) in [7, 11) is 0. The van der Waals surface area contributed by atoms with Gasteiger partial charge in [0.25, 0.3) is 5.22 Å². The van der Waals surface area contributed by atoms with Crippen LogP contribution < -0.4 is 0 Å². The molecule has 0 atom stereocenters. The van der Waals surface area contributed by atoms with Crippen molar-refractivity contribution in [3.05, 3.63) is 40.5 Å². The minimum atomic E-state index is 0.464. The van der Waals surface area contributed by atoms with Gasteiger partial charge in [0.05, 0.1) is 11.3 Å². The number of hydrogen-bond acceptors (Lipinski definition) is 7. The van der Waals surface area contributed by atoms with E-state index in [2.05, 4.69) is 36.3 Å². The first-order valence-corrected chi connectivity index (χ1v) is 7.50. The van der Waals surface area contributed by atoms with Gasteiger partial charge < -0.3 is 8.83 Å². The van der Waals surface area contributed by atoms with Crippen LogP contribution in [-0.2, 0) is 5.75 Å². The van der Waals surface area contributed by atoms with Crippen LogP contribution in [0.5, 0.6) is 0 Å². The highest BCUT2D eigenvalue weighted by atomic mass is 79.9. The van der Waals surface area contributed by atoms with Crippen LogP contribution in [0, 0.1) is 6.92 Å². The number of aromatic nitrogens is 4. The highest BCUT2D eigenvalue weighted by Crippen LogP contribution is 2.29. The van der Waals surface area contributed by atoms with E-state index < -0.39 is 0 Å². The van der Waals surface area contributed by atoms with Crippen LogP contribution in [0.4, 0.5) is 0 Å². The maximum Gasteiger partial charge on any atom is 0.277 e. The second kappa shape index (κ2) is 5.76. The van der Waals surface area contributed by atoms with Gasteiger partial charge in [-0.15, -0.1) is 20.4 Å². The Bertz CT molecular complexity index is 728. The zero-order chi connectivity index (χ0) is 13.9. The lowest BCUT2D eigenvalue weighted by molar-refractivity contribution is 0.461. The molecule has 2 heterocycles. The third kappa shape index (κ3) is 2.91. The zero-order valence-electron chi connectivity index (χ0n) is 10.4. The summed E-state index contributed by atoms with van der Waals surface area (Å²) in [6.07, 6.45) is 0. The first-order chi connectivity index (χ1) is 9.72. The summed E-state index contributed by atoms with van der Waals surface area (Å²) >= 11 is 4.81. The summed E-state index contributed by atoms with van der Waals surface area (Å²) in [5.41, 5.74) is 0.862. The SMILES string of the molecule is Cc1nnc(CSc2nnc(-c3ccccc3Br)o2)o1. The Morgan fingerprint density at radius 1 is 1.10 bits per heavy atom.